The number of nitrogens with two attached hydrogens (primary N) is 2. The van der Waals surface area contributed by atoms with Crippen molar-refractivity contribution in [3.63, 3.8) is 0 Å². The summed E-state index contributed by atoms with van der Waals surface area (Å²) in [6, 6.07) is 9.43. The van der Waals surface area contributed by atoms with Gasteiger partial charge in [0.05, 0.1) is 11.1 Å². The van der Waals surface area contributed by atoms with Gasteiger partial charge in [-0.2, -0.15) is 5.10 Å². The van der Waals surface area contributed by atoms with E-state index in [4.69, 9.17) is 15.9 Å². The zero-order valence-electron chi connectivity index (χ0n) is 10.7. The molecule has 21 heavy (non-hydrogen) atoms. The van der Waals surface area contributed by atoms with Crippen LogP contribution in [0.1, 0.15) is 5.76 Å². The predicted molar refractivity (Wildman–Crippen MR) is 81.5 cm³/mol. The Balaban J connectivity index is 0.00000220. The molecule has 0 fully saturated rings. The second-order valence-electron chi connectivity index (χ2n) is 3.78. The molecule has 0 saturated heterocycles. The van der Waals surface area contributed by atoms with Gasteiger partial charge in [-0.05, 0) is 24.3 Å². The van der Waals surface area contributed by atoms with Gasteiger partial charge in [0, 0.05) is 17.7 Å². The first kappa shape index (κ1) is 16.2. The fourth-order valence-corrected chi connectivity index (χ4v) is 1.48. The monoisotopic (exact) mass is 309 g/mol. The maximum Gasteiger partial charge on any atom is 0.269 e. The van der Waals surface area contributed by atoms with Crippen molar-refractivity contribution < 1.29 is 9.34 Å². The number of hydrogen-bond donors (Lipinski definition) is 2. The molecule has 0 aliphatic carbocycles. The van der Waals surface area contributed by atoms with Gasteiger partial charge < -0.3 is 15.9 Å². The third kappa shape index (κ3) is 4.32. The predicted octanol–water partition coefficient (Wildman–Crippen LogP) is 1.88. The highest BCUT2D eigenvalue weighted by Crippen LogP contribution is 2.23. The summed E-state index contributed by atoms with van der Waals surface area (Å²) in [5, 5.41) is 17.6. The number of nitro groups is 1. The van der Waals surface area contributed by atoms with Gasteiger partial charge in [-0.1, -0.05) is 0 Å². The number of guanidine groups is 1. The van der Waals surface area contributed by atoms with Crippen molar-refractivity contribution in [1.82, 2.24) is 0 Å². The Morgan fingerprint density at radius 2 is 1.86 bits per heavy atom. The summed E-state index contributed by atoms with van der Waals surface area (Å²) in [6.07, 6.45) is 1.36. The zero-order chi connectivity index (χ0) is 14.5. The normalized spacial score (nSPS) is 10.1. The van der Waals surface area contributed by atoms with E-state index in [1.54, 1.807) is 24.3 Å². The van der Waals surface area contributed by atoms with E-state index < -0.39 is 4.92 Å². The number of furan rings is 1. The van der Waals surface area contributed by atoms with Crippen LogP contribution in [0, 0.1) is 10.1 Å². The number of non-ortho nitro benzene ring substituents is 1. The highest BCUT2D eigenvalue weighted by molar-refractivity contribution is 5.85. The van der Waals surface area contributed by atoms with Crippen LogP contribution in [-0.2, 0) is 0 Å². The molecule has 0 saturated carbocycles. The number of benzene rings is 1. The molecule has 0 aliphatic heterocycles. The number of halogens is 1. The van der Waals surface area contributed by atoms with E-state index in [-0.39, 0.29) is 24.1 Å². The molecule has 0 spiro atoms. The molecule has 1 heterocycles. The van der Waals surface area contributed by atoms with E-state index in [1.165, 1.54) is 18.3 Å². The van der Waals surface area contributed by atoms with Gasteiger partial charge in [-0.25, -0.2) is 0 Å². The van der Waals surface area contributed by atoms with Crippen LogP contribution in [-0.4, -0.2) is 17.1 Å². The Bertz CT molecular complexity index is 674. The van der Waals surface area contributed by atoms with Crippen LogP contribution in [0.25, 0.3) is 11.3 Å². The van der Waals surface area contributed by atoms with Crippen molar-refractivity contribution in [2.45, 2.75) is 0 Å². The summed E-state index contributed by atoms with van der Waals surface area (Å²) < 4.78 is 5.48. The minimum Gasteiger partial charge on any atom is -0.455 e. The van der Waals surface area contributed by atoms with E-state index in [0.717, 1.165) is 5.56 Å². The lowest BCUT2D eigenvalue weighted by atomic mass is 10.1. The zero-order valence-corrected chi connectivity index (χ0v) is 11.5. The lowest BCUT2D eigenvalue weighted by Crippen LogP contribution is -2.21. The van der Waals surface area contributed by atoms with Crippen molar-refractivity contribution in [1.29, 1.82) is 0 Å². The summed E-state index contributed by atoms with van der Waals surface area (Å²) >= 11 is 0. The van der Waals surface area contributed by atoms with Crippen LogP contribution in [0.5, 0.6) is 0 Å². The van der Waals surface area contributed by atoms with Gasteiger partial charge in [-0.15, -0.1) is 17.5 Å². The summed E-state index contributed by atoms with van der Waals surface area (Å²) in [7, 11) is 0. The fraction of sp³-hybridized carbons (Fsp3) is 0. The van der Waals surface area contributed by atoms with Gasteiger partial charge in [0.1, 0.15) is 11.5 Å². The van der Waals surface area contributed by atoms with Crippen molar-refractivity contribution >= 4 is 30.3 Å². The van der Waals surface area contributed by atoms with Gasteiger partial charge in [-0.3, -0.25) is 10.1 Å². The number of hydrogen-bond acceptors (Lipinski definition) is 5. The van der Waals surface area contributed by atoms with E-state index in [0.29, 0.717) is 11.5 Å². The molecule has 0 radical (unpaired) electrons. The summed E-state index contributed by atoms with van der Waals surface area (Å²) in [6.45, 7) is 0. The molecule has 1 aromatic heterocycles. The first-order valence-electron chi connectivity index (χ1n) is 5.53. The molecule has 8 nitrogen and oxygen atoms in total. The number of rotatable bonds is 4. The molecule has 1 aromatic carbocycles. The first-order valence-corrected chi connectivity index (χ1v) is 5.53. The van der Waals surface area contributed by atoms with Crippen molar-refractivity contribution in [2.24, 2.45) is 21.7 Å². The molecule has 0 amide bonds. The summed E-state index contributed by atoms with van der Waals surface area (Å²) in [4.78, 5) is 10.1. The molecule has 0 aliphatic rings. The van der Waals surface area contributed by atoms with Gasteiger partial charge >= 0.3 is 0 Å². The topological polar surface area (TPSA) is 133 Å². The largest absolute Gasteiger partial charge is 0.455 e. The second kappa shape index (κ2) is 7.06. The highest BCUT2D eigenvalue weighted by Gasteiger charge is 2.07. The standard InChI is InChI=1S/C12H11N5O3.ClH/c13-12(14)16-15-7-10-5-6-11(20-10)8-1-3-9(4-2-8)17(18)19;/h1-7H,(H4,13,14,16);1H/b15-7+;. The Hall–Kier alpha value is -2.87. The van der Waals surface area contributed by atoms with Crippen LogP contribution in [0.15, 0.2) is 51.0 Å². The SMILES string of the molecule is Cl.NC(N)=N/N=C/c1ccc(-c2ccc([N+](=O)[O-])cc2)o1. The molecule has 0 bridgehead atoms. The highest BCUT2D eigenvalue weighted by atomic mass is 35.5. The quantitative estimate of drug-likeness (QED) is 0.385. The van der Waals surface area contributed by atoms with E-state index in [2.05, 4.69) is 10.2 Å². The Labute approximate surface area is 125 Å². The maximum atomic E-state index is 10.6. The summed E-state index contributed by atoms with van der Waals surface area (Å²) in [5.74, 6) is 0.873. The van der Waals surface area contributed by atoms with Crippen molar-refractivity contribution in [2.75, 3.05) is 0 Å². The first-order chi connectivity index (χ1) is 9.56. The fourth-order valence-electron chi connectivity index (χ4n) is 1.48. The Kier molecular flexibility index (Phi) is 5.44. The molecule has 2 aromatic rings. The molecule has 0 unspecified atom stereocenters. The molecule has 0 atom stereocenters. The van der Waals surface area contributed by atoms with E-state index >= 15 is 0 Å². The van der Waals surface area contributed by atoms with Gasteiger partial charge in [0.2, 0.25) is 5.96 Å². The van der Waals surface area contributed by atoms with Crippen molar-refractivity contribution in [3.05, 3.63) is 52.3 Å². The minimum absolute atomic E-state index is 0. The third-order valence-corrected chi connectivity index (χ3v) is 2.35. The molecule has 110 valence electrons. The number of nitro benzene ring substituents is 1. The van der Waals surface area contributed by atoms with Crippen LogP contribution in [0.4, 0.5) is 5.69 Å². The average Bonchev–Trinajstić information content (AvgIpc) is 2.87. The number of nitrogens with zero attached hydrogens (tertiary/aromatic N) is 3. The average molecular weight is 310 g/mol. The van der Waals surface area contributed by atoms with E-state index in [9.17, 15) is 10.1 Å². The van der Waals surface area contributed by atoms with Gasteiger partial charge in [0.15, 0.2) is 0 Å². The second-order valence-corrected chi connectivity index (χ2v) is 3.78. The van der Waals surface area contributed by atoms with Crippen LogP contribution in [0.3, 0.4) is 0 Å². The summed E-state index contributed by atoms with van der Waals surface area (Å²) in [5.41, 5.74) is 11.0. The molecular weight excluding hydrogens is 298 g/mol. The van der Waals surface area contributed by atoms with Crippen LogP contribution in [0.2, 0.25) is 0 Å². The lowest BCUT2D eigenvalue weighted by molar-refractivity contribution is -0.384. The van der Waals surface area contributed by atoms with E-state index in [1.807, 2.05) is 0 Å². The Morgan fingerprint density at radius 3 is 2.43 bits per heavy atom. The molecule has 4 N–H and O–H groups in total. The maximum absolute atomic E-state index is 10.6. The molecule has 2 rings (SSSR count). The smallest absolute Gasteiger partial charge is 0.269 e. The Morgan fingerprint density at radius 1 is 1.19 bits per heavy atom. The van der Waals surface area contributed by atoms with Gasteiger partial charge in [0.25, 0.3) is 5.69 Å². The lowest BCUT2D eigenvalue weighted by Gasteiger charge is -1.96. The van der Waals surface area contributed by atoms with Crippen molar-refractivity contribution in [3.8, 4) is 11.3 Å². The van der Waals surface area contributed by atoms with Crippen LogP contribution >= 0.6 is 12.4 Å². The third-order valence-electron chi connectivity index (χ3n) is 2.35. The minimum atomic E-state index is -0.459. The molecular formula is C12H12ClN5O3. The molecule has 9 heteroatoms. The van der Waals surface area contributed by atoms with Crippen LogP contribution < -0.4 is 11.5 Å².